The van der Waals surface area contributed by atoms with Gasteiger partial charge in [-0.1, -0.05) is 30.3 Å². The van der Waals surface area contributed by atoms with Crippen molar-refractivity contribution >= 4 is 22.6 Å². The summed E-state index contributed by atoms with van der Waals surface area (Å²) in [5, 5.41) is 0.284. The van der Waals surface area contributed by atoms with Crippen molar-refractivity contribution in [2.24, 2.45) is 7.05 Å². The van der Waals surface area contributed by atoms with E-state index in [1.54, 1.807) is 26.1 Å². The first-order chi connectivity index (χ1) is 14.9. The highest BCUT2D eigenvalue weighted by atomic mass is 16.5. The van der Waals surface area contributed by atoms with E-state index in [0.29, 0.717) is 28.2 Å². The van der Waals surface area contributed by atoms with Crippen LogP contribution in [0, 0.1) is 0 Å². The molecule has 156 valence electrons. The van der Waals surface area contributed by atoms with Gasteiger partial charge in [-0.3, -0.25) is 19.1 Å². The number of carbonyl (C=O) groups excluding carboxylic acids is 1. The first kappa shape index (κ1) is 18.9. The zero-order valence-corrected chi connectivity index (χ0v) is 17.2. The van der Waals surface area contributed by atoms with Crippen molar-refractivity contribution in [3.63, 3.8) is 0 Å². The number of aryl methyl sites for hydroxylation is 1. The molecule has 0 fully saturated rings. The minimum atomic E-state index is -0.700. The van der Waals surface area contributed by atoms with E-state index in [-0.39, 0.29) is 11.3 Å². The van der Waals surface area contributed by atoms with E-state index in [2.05, 4.69) is 9.97 Å². The Kier molecular flexibility index (Phi) is 4.11. The quantitative estimate of drug-likeness (QED) is 0.535. The van der Waals surface area contributed by atoms with Crippen molar-refractivity contribution in [1.82, 2.24) is 14.5 Å². The number of likely N-dealkylation sites (N-methyl/N-ethyl adjacent to an activating group) is 1. The normalized spacial score (nSPS) is 15.5. The van der Waals surface area contributed by atoms with E-state index >= 15 is 0 Å². The summed E-state index contributed by atoms with van der Waals surface area (Å²) < 4.78 is 6.89. The highest BCUT2D eigenvalue weighted by molar-refractivity contribution is 6.10. The van der Waals surface area contributed by atoms with Crippen molar-refractivity contribution in [2.45, 2.75) is 5.92 Å². The number of fused-ring (bicyclic) bond motifs is 2. The molecule has 0 spiro atoms. The van der Waals surface area contributed by atoms with E-state index in [1.165, 1.54) is 4.57 Å². The van der Waals surface area contributed by atoms with Crippen LogP contribution in [0.1, 0.15) is 17.0 Å². The summed E-state index contributed by atoms with van der Waals surface area (Å²) in [6.45, 7) is 0. The Morgan fingerprint density at radius 3 is 2.42 bits per heavy atom. The lowest BCUT2D eigenvalue weighted by Crippen LogP contribution is -2.29. The molecule has 0 aliphatic carbocycles. The summed E-state index contributed by atoms with van der Waals surface area (Å²) in [6.07, 6.45) is 0. The number of ether oxygens (including phenoxy) is 1. The lowest BCUT2D eigenvalue weighted by molar-refractivity contribution is -0.118. The molecule has 0 saturated heterocycles. The van der Waals surface area contributed by atoms with Gasteiger partial charge >= 0.3 is 5.69 Å². The Hall–Kier alpha value is -4.07. The smallest absolute Gasteiger partial charge is 0.329 e. The summed E-state index contributed by atoms with van der Waals surface area (Å²) in [6, 6.07) is 14.9. The van der Waals surface area contributed by atoms with Crippen LogP contribution >= 0.6 is 0 Å². The van der Waals surface area contributed by atoms with Crippen LogP contribution < -0.4 is 20.9 Å². The second-order valence-electron chi connectivity index (χ2n) is 7.54. The number of aromatic amines is 2. The highest BCUT2D eigenvalue weighted by Gasteiger charge is 2.40. The molecule has 1 aliphatic heterocycles. The summed E-state index contributed by atoms with van der Waals surface area (Å²) in [5.74, 6) is -0.260. The third kappa shape index (κ3) is 2.58. The van der Waals surface area contributed by atoms with Crippen LogP contribution in [0.4, 0.5) is 5.69 Å². The number of hydrogen-bond donors (Lipinski definition) is 2. The topological polar surface area (TPSA) is 100 Å². The predicted octanol–water partition coefficient (Wildman–Crippen LogP) is 2.34. The standard InChI is InChI=1S/C23H20N4O4/c1-26-14-10-6-4-8-12(14)16(22(26)29)17-18-20(27(2)23(30)25-21(18)28)24-19(17)13-9-5-7-11-15(13)31-3/h4-11,16,24H,1-3H3,(H,25,28,30)/t16-/m1/s1. The Morgan fingerprint density at radius 2 is 1.65 bits per heavy atom. The van der Waals surface area contributed by atoms with Crippen molar-refractivity contribution in [1.29, 1.82) is 0 Å². The number of para-hydroxylation sites is 2. The van der Waals surface area contributed by atoms with E-state index < -0.39 is 17.2 Å². The van der Waals surface area contributed by atoms with E-state index in [4.69, 9.17) is 4.74 Å². The molecular weight excluding hydrogens is 396 g/mol. The lowest BCUT2D eigenvalue weighted by atomic mass is 9.89. The lowest BCUT2D eigenvalue weighted by Gasteiger charge is -2.14. The molecule has 1 aliphatic rings. The fraction of sp³-hybridized carbons (Fsp3) is 0.174. The summed E-state index contributed by atoms with van der Waals surface area (Å²) >= 11 is 0. The molecule has 1 amide bonds. The molecule has 1 atom stereocenters. The third-order valence-corrected chi connectivity index (χ3v) is 5.96. The second kappa shape index (κ2) is 6.73. The number of nitrogens with one attached hydrogen (secondary N) is 2. The molecule has 31 heavy (non-hydrogen) atoms. The molecule has 2 aromatic heterocycles. The molecule has 8 nitrogen and oxygen atoms in total. The minimum Gasteiger partial charge on any atom is -0.496 e. The Balaban J connectivity index is 1.95. The number of hydrogen-bond acceptors (Lipinski definition) is 4. The first-order valence-electron chi connectivity index (χ1n) is 9.78. The molecule has 0 bridgehead atoms. The Bertz CT molecular complexity index is 1480. The van der Waals surface area contributed by atoms with Crippen molar-refractivity contribution < 1.29 is 9.53 Å². The number of benzene rings is 2. The molecule has 5 rings (SSSR count). The molecule has 0 radical (unpaired) electrons. The van der Waals surface area contributed by atoms with Crippen molar-refractivity contribution in [3.8, 4) is 17.0 Å². The van der Waals surface area contributed by atoms with Crippen molar-refractivity contribution in [3.05, 3.63) is 80.5 Å². The van der Waals surface area contributed by atoms with Gasteiger partial charge in [-0.15, -0.1) is 0 Å². The Morgan fingerprint density at radius 1 is 0.935 bits per heavy atom. The van der Waals surface area contributed by atoms with Gasteiger partial charge in [0.1, 0.15) is 11.4 Å². The van der Waals surface area contributed by atoms with Gasteiger partial charge in [-0.2, -0.15) is 0 Å². The molecule has 3 heterocycles. The summed E-state index contributed by atoms with van der Waals surface area (Å²) in [4.78, 5) is 45.8. The van der Waals surface area contributed by atoms with Crippen LogP contribution in [-0.2, 0) is 11.8 Å². The van der Waals surface area contributed by atoms with Gasteiger partial charge in [0.25, 0.3) is 5.56 Å². The minimum absolute atomic E-state index is 0.147. The molecule has 0 saturated carbocycles. The molecule has 8 heteroatoms. The van der Waals surface area contributed by atoms with Gasteiger partial charge in [0.2, 0.25) is 5.91 Å². The molecular formula is C23H20N4O4. The van der Waals surface area contributed by atoms with Gasteiger partial charge < -0.3 is 14.6 Å². The number of aromatic nitrogens is 3. The molecule has 0 unspecified atom stereocenters. The zero-order valence-electron chi connectivity index (χ0n) is 17.2. The van der Waals surface area contributed by atoms with Gasteiger partial charge in [0.05, 0.1) is 24.1 Å². The SMILES string of the molecule is COc1ccccc1-c1[nH]c2c(c1[C@@H]1C(=O)N(C)c3ccccc31)c(=O)[nH]c(=O)n2C. The number of carbonyl (C=O) groups is 1. The number of amides is 1. The molecule has 4 aromatic rings. The number of H-pyrrole nitrogens is 2. The van der Waals surface area contributed by atoms with Crippen LogP contribution in [0.5, 0.6) is 5.75 Å². The highest BCUT2D eigenvalue weighted by Crippen LogP contribution is 2.46. The van der Waals surface area contributed by atoms with Crippen LogP contribution in [0.15, 0.2) is 58.1 Å². The monoisotopic (exact) mass is 416 g/mol. The van der Waals surface area contributed by atoms with Crippen LogP contribution in [-0.4, -0.2) is 34.6 Å². The van der Waals surface area contributed by atoms with Crippen LogP contribution in [0.3, 0.4) is 0 Å². The predicted molar refractivity (Wildman–Crippen MR) is 118 cm³/mol. The van der Waals surface area contributed by atoms with Gasteiger partial charge in [-0.05, 0) is 23.8 Å². The average molecular weight is 416 g/mol. The van der Waals surface area contributed by atoms with Gasteiger partial charge in [-0.25, -0.2) is 4.79 Å². The summed E-state index contributed by atoms with van der Waals surface area (Å²) in [7, 11) is 4.86. The molecule has 2 N–H and O–H groups in total. The number of rotatable bonds is 3. The second-order valence-corrected chi connectivity index (χ2v) is 7.54. The van der Waals surface area contributed by atoms with E-state index in [1.807, 2.05) is 48.5 Å². The fourth-order valence-electron chi connectivity index (χ4n) is 4.44. The largest absolute Gasteiger partial charge is 0.496 e. The number of methoxy groups -OCH3 is 1. The number of anilines is 1. The zero-order chi connectivity index (χ0) is 21.9. The van der Waals surface area contributed by atoms with E-state index in [9.17, 15) is 14.4 Å². The first-order valence-corrected chi connectivity index (χ1v) is 9.78. The summed E-state index contributed by atoms with van der Waals surface area (Å²) in [5.41, 5.74) is 2.67. The van der Waals surface area contributed by atoms with Gasteiger partial charge in [0.15, 0.2) is 0 Å². The number of nitrogens with zero attached hydrogens (tertiary/aromatic N) is 2. The maximum atomic E-state index is 13.4. The molecule has 2 aromatic carbocycles. The average Bonchev–Trinajstić information content (AvgIpc) is 3.28. The van der Waals surface area contributed by atoms with E-state index in [0.717, 1.165) is 11.3 Å². The maximum absolute atomic E-state index is 13.4. The maximum Gasteiger partial charge on any atom is 0.329 e. The fourth-order valence-corrected chi connectivity index (χ4v) is 4.44. The van der Waals surface area contributed by atoms with Crippen molar-refractivity contribution in [2.75, 3.05) is 19.1 Å². The third-order valence-electron chi connectivity index (χ3n) is 5.96. The van der Waals surface area contributed by atoms with Crippen LogP contribution in [0.25, 0.3) is 22.3 Å². The van der Waals surface area contributed by atoms with Gasteiger partial charge in [0, 0.05) is 30.9 Å². The Labute approximate surface area is 176 Å². The van der Waals surface area contributed by atoms with Crippen LogP contribution in [0.2, 0.25) is 0 Å².